The molecule has 4 rings (SSSR count). The molecule has 0 radical (unpaired) electrons. The molecule has 5 nitrogen and oxygen atoms in total. The van der Waals surface area contributed by atoms with Crippen LogP contribution in [-0.2, 0) is 11.2 Å². The Morgan fingerprint density at radius 3 is 2.58 bits per heavy atom. The first kappa shape index (κ1) is 21.9. The number of hydrogen-bond donors (Lipinski definition) is 1. The van der Waals surface area contributed by atoms with E-state index in [2.05, 4.69) is 4.90 Å². The maximum atomic E-state index is 13.3. The van der Waals surface area contributed by atoms with Gasteiger partial charge in [-0.2, -0.15) is 0 Å². The molecule has 0 aromatic heterocycles. The second-order valence-electron chi connectivity index (χ2n) is 8.76. The lowest BCUT2D eigenvalue weighted by molar-refractivity contribution is -0.0506. The maximum absolute atomic E-state index is 13.3. The van der Waals surface area contributed by atoms with Crippen LogP contribution < -0.4 is 0 Å². The van der Waals surface area contributed by atoms with E-state index in [1.165, 1.54) is 12.1 Å². The second-order valence-corrected chi connectivity index (χ2v) is 8.76. The summed E-state index contributed by atoms with van der Waals surface area (Å²) in [5.74, 6) is 0.138. The molecule has 1 amide bonds. The zero-order valence-corrected chi connectivity index (χ0v) is 17.8. The number of hydrogen-bond acceptors (Lipinski definition) is 4. The topological polar surface area (TPSA) is 53.0 Å². The van der Waals surface area contributed by atoms with E-state index in [9.17, 15) is 14.3 Å². The fraction of sp³-hybridized carbons (Fsp3) is 0.480. The molecule has 1 aliphatic carbocycles. The Balaban J connectivity index is 1.33. The van der Waals surface area contributed by atoms with Gasteiger partial charge in [0.05, 0.1) is 18.8 Å². The third-order valence-electron chi connectivity index (χ3n) is 5.98. The molecule has 0 unspecified atom stereocenters. The number of rotatable bonds is 9. The largest absolute Gasteiger partial charge is 0.391 e. The van der Waals surface area contributed by atoms with Crippen molar-refractivity contribution < 1.29 is 19.0 Å². The molecule has 2 atom stereocenters. The van der Waals surface area contributed by atoms with Crippen LogP contribution in [0.2, 0.25) is 0 Å². The molecule has 0 bridgehead atoms. The van der Waals surface area contributed by atoms with Crippen molar-refractivity contribution in [2.24, 2.45) is 5.92 Å². The van der Waals surface area contributed by atoms with Crippen LogP contribution in [0.3, 0.4) is 0 Å². The fourth-order valence-electron chi connectivity index (χ4n) is 4.18. The summed E-state index contributed by atoms with van der Waals surface area (Å²) in [6.07, 6.45) is 2.39. The Bertz CT molecular complexity index is 842. The van der Waals surface area contributed by atoms with Crippen molar-refractivity contribution in [2.45, 2.75) is 31.5 Å². The molecular formula is C25H31FN2O3. The molecule has 1 aliphatic heterocycles. The minimum Gasteiger partial charge on any atom is -0.391 e. The van der Waals surface area contributed by atoms with Crippen LogP contribution in [0.1, 0.15) is 28.8 Å². The lowest BCUT2D eigenvalue weighted by atomic mass is 10.1. The summed E-state index contributed by atoms with van der Waals surface area (Å²) in [5, 5.41) is 10.5. The van der Waals surface area contributed by atoms with Crippen molar-refractivity contribution in [2.75, 3.05) is 39.3 Å². The number of carbonyl (C=O) groups excluding carboxylic acids is 1. The molecule has 166 valence electrons. The highest BCUT2D eigenvalue weighted by Crippen LogP contribution is 2.30. The number of amides is 1. The Kier molecular flexibility index (Phi) is 7.33. The molecule has 1 N–H and O–H groups in total. The third kappa shape index (κ3) is 6.60. The number of halogens is 1. The van der Waals surface area contributed by atoms with Crippen LogP contribution >= 0.6 is 0 Å². The average Bonchev–Trinajstić information content (AvgIpc) is 3.58. The number of morpholine rings is 1. The molecule has 31 heavy (non-hydrogen) atoms. The molecule has 1 heterocycles. The van der Waals surface area contributed by atoms with Gasteiger partial charge in [-0.25, -0.2) is 4.39 Å². The van der Waals surface area contributed by atoms with Crippen LogP contribution in [0.25, 0.3) is 0 Å². The van der Waals surface area contributed by atoms with Crippen LogP contribution in [0.5, 0.6) is 0 Å². The third-order valence-corrected chi connectivity index (χ3v) is 5.98. The Morgan fingerprint density at radius 2 is 1.87 bits per heavy atom. The van der Waals surface area contributed by atoms with Crippen LogP contribution in [0.4, 0.5) is 4.39 Å². The second kappa shape index (κ2) is 10.4. The SMILES string of the molecule is O=C(c1ccc(F)cc1)N(CC1CC1)C[C@@H]1CN(C[C@H](O)Cc2ccccc2)CCO1. The lowest BCUT2D eigenvalue weighted by Crippen LogP contribution is -2.50. The van der Waals surface area contributed by atoms with Gasteiger partial charge in [-0.1, -0.05) is 30.3 Å². The summed E-state index contributed by atoms with van der Waals surface area (Å²) in [6.45, 7) is 3.86. The van der Waals surface area contributed by atoms with E-state index in [1.807, 2.05) is 35.2 Å². The maximum Gasteiger partial charge on any atom is 0.253 e. The number of β-amino-alcohol motifs (C(OH)–C–C–N with tert-alkyl or cyclic N) is 1. The number of aliphatic hydroxyl groups is 1. The molecule has 1 saturated carbocycles. The van der Waals surface area contributed by atoms with Crippen molar-refractivity contribution in [1.82, 2.24) is 9.80 Å². The molecular weight excluding hydrogens is 395 g/mol. The lowest BCUT2D eigenvalue weighted by Gasteiger charge is -2.36. The van der Waals surface area contributed by atoms with E-state index in [0.29, 0.717) is 50.7 Å². The monoisotopic (exact) mass is 426 g/mol. The summed E-state index contributed by atoms with van der Waals surface area (Å²) in [6, 6.07) is 15.8. The van der Waals surface area contributed by atoms with Crippen molar-refractivity contribution in [1.29, 1.82) is 0 Å². The van der Waals surface area contributed by atoms with Gasteiger partial charge in [0.2, 0.25) is 0 Å². The van der Waals surface area contributed by atoms with E-state index in [-0.39, 0.29) is 17.8 Å². The van der Waals surface area contributed by atoms with Crippen molar-refractivity contribution >= 4 is 5.91 Å². The Labute approximate surface area is 183 Å². The standard InChI is InChI=1S/C25H31FN2O3/c26-22-10-8-21(9-11-22)25(30)28(15-20-6-7-20)18-24-17-27(12-13-31-24)16-23(29)14-19-4-2-1-3-5-19/h1-5,8-11,20,23-24,29H,6-7,12-18H2/t23-,24+/m1/s1. The van der Waals surface area contributed by atoms with Gasteiger partial charge in [-0.3, -0.25) is 9.69 Å². The number of nitrogens with zero attached hydrogens (tertiary/aromatic N) is 2. The fourth-order valence-corrected chi connectivity index (χ4v) is 4.18. The van der Waals surface area contributed by atoms with E-state index < -0.39 is 6.10 Å². The number of aliphatic hydroxyl groups excluding tert-OH is 1. The van der Waals surface area contributed by atoms with Gasteiger partial charge in [-0.15, -0.1) is 0 Å². The molecule has 2 aromatic carbocycles. The zero-order chi connectivity index (χ0) is 21.6. The molecule has 2 aromatic rings. The Morgan fingerprint density at radius 1 is 1.13 bits per heavy atom. The van der Waals surface area contributed by atoms with Gasteiger partial charge in [0.25, 0.3) is 5.91 Å². The molecule has 2 aliphatic rings. The van der Waals surface area contributed by atoms with E-state index >= 15 is 0 Å². The van der Waals surface area contributed by atoms with E-state index in [4.69, 9.17) is 4.74 Å². The first-order chi connectivity index (χ1) is 15.1. The zero-order valence-electron chi connectivity index (χ0n) is 17.8. The first-order valence-corrected chi connectivity index (χ1v) is 11.2. The quantitative estimate of drug-likeness (QED) is 0.670. The van der Waals surface area contributed by atoms with Gasteiger partial charge >= 0.3 is 0 Å². The van der Waals surface area contributed by atoms with E-state index in [1.54, 1.807) is 12.1 Å². The summed E-state index contributed by atoms with van der Waals surface area (Å²) in [7, 11) is 0. The average molecular weight is 427 g/mol. The minimum atomic E-state index is -0.440. The summed E-state index contributed by atoms with van der Waals surface area (Å²) in [4.78, 5) is 17.1. The minimum absolute atomic E-state index is 0.0725. The predicted octanol–water partition coefficient (Wildman–Crippen LogP) is 2.98. The van der Waals surface area contributed by atoms with E-state index in [0.717, 1.165) is 24.9 Å². The van der Waals surface area contributed by atoms with Gasteiger partial charge < -0.3 is 14.7 Å². The van der Waals surface area contributed by atoms with Crippen LogP contribution in [-0.4, -0.2) is 72.4 Å². The van der Waals surface area contributed by atoms with Gasteiger partial charge in [0, 0.05) is 38.3 Å². The molecule has 6 heteroatoms. The van der Waals surface area contributed by atoms with Crippen molar-refractivity contribution in [3.63, 3.8) is 0 Å². The molecule has 0 spiro atoms. The van der Waals surface area contributed by atoms with Gasteiger partial charge in [0.1, 0.15) is 5.82 Å². The van der Waals surface area contributed by atoms with Gasteiger partial charge in [0.15, 0.2) is 0 Å². The van der Waals surface area contributed by atoms with Crippen LogP contribution in [0, 0.1) is 11.7 Å². The summed E-state index contributed by atoms with van der Waals surface area (Å²) in [5.41, 5.74) is 1.63. The highest BCUT2D eigenvalue weighted by molar-refractivity contribution is 5.94. The first-order valence-electron chi connectivity index (χ1n) is 11.2. The Hall–Kier alpha value is -2.28. The van der Waals surface area contributed by atoms with Crippen molar-refractivity contribution in [3.05, 3.63) is 71.5 Å². The summed E-state index contributed by atoms with van der Waals surface area (Å²) < 4.78 is 19.2. The predicted molar refractivity (Wildman–Crippen MR) is 117 cm³/mol. The normalized spacial score (nSPS) is 20.4. The smallest absolute Gasteiger partial charge is 0.253 e. The van der Waals surface area contributed by atoms with Crippen LogP contribution in [0.15, 0.2) is 54.6 Å². The molecule has 1 saturated heterocycles. The van der Waals surface area contributed by atoms with Gasteiger partial charge in [-0.05, 0) is 55.0 Å². The highest BCUT2D eigenvalue weighted by atomic mass is 19.1. The number of ether oxygens (including phenoxy) is 1. The molecule has 2 fully saturated rings. The summed E-state index contributed by atoms with van der Waals surface area (Å²) >= 11 is 0. The number of benzene rings is 2. The van der Waals surface area contributed by atoms with Crippen molar-refractivity contribution in [3.8, 4) is 0 Å². The highest BCUT2D eigenvalue weighted by Gasteiger charge is 2.31. The number of carbonyl (C=O) groups is 1.